The quantitative estimate of drug-likeness (QED) is 0.453. The van der Waals surface area contributed by atoms with E-state index < -0.39 is 0 Å². The number of aliphatic hydroxyl groups is 1. The molecule has 0 aromatic carbocycles. The van der Waals surface area contributed by atoms with E-state index in [0.29, 0.717) is 0 Å². The van der Waals surface area contributed by atoms with Crippen molar-refractivity contribution in [3.8, 4) is 0 Å². The van der Waals surface area contributed by atoms with Gasteiger partial charge in [-0.15, -0.1) is 0 Å². The summed E-state index contributed by atoms with van der Waals surface area (Å²) in [5.41, 5.74) is 0. The van der Waals surface area contributed by atoms with Gasteiger partial charge in [0.05, 0.1) is 0 Å². The maximum absolute atomic E-state index is 7.57. The van der Waals surface area contributed by atoms with Crippen molar-refractivity contribution < 1.29 is 30.1 Å². The third-order valence-corrected chi connectivity index (χ3v) is 0. The van der Waals surface area contributed by atoms with Gasteiger partial charge in [0.25, 0.3) is 0 Å². The average molecular weight is 127 g/mol. The molecular weight excluding hydrogens is 121 g/mol. The summed E-state index contributed by atoms with van der Waals surface area (Å²) in [6.07, 6.45) is 0. The van der Waals surface area contributed by atoms with Crippen molar-refractivity contribution in [2.75, 3.05) is 6.61 Å². The van der Waals surface area contributed by atoms with Crippen molar-refractivity contribution in [1.29, 1.82) is 0 Å². The summed E-state index contributed by atoms with van der Waals surface area (Å²) < 4.78 is 0. The molecule has 0 saturated carbocycles. The molecule has 2 nitrogen and oxygen atoms in total. The Balaban J connectivity index is -0.0000000200. The van der Waals surface area contributed by atoms with Gasteiger partial charge in [-0.3, -0.25) is 0 Å². The standard InChI is InChI=1S/C2H6O.O.Zn/c1-2-3;;/h3H,2H2,1H3;;/q;-2;+2. The molecule has 0 aliphatic heterocycles. The second-order valence-electron chi connectivity index (χ2n) is 0.316. The van der Waals surface area contributed by atoms with Crippen LogP contribution in [-0.4, -0.2) is 11.7 Å². The van der Waals surface area contributed by atoms with Crippen molar-refractivity contribution in [1.82, 2.24) is 0 Å². The van der Waals surface area contributed by atoms with E-state index in [1.807, 2.05) is 0 Å². The Morgan fingerprint density at radius 3 is 1.60 bits per heavy atom. The van der Waals surface area contributed by atoms with E-state index in [1.54, 1.807) is 6.92 Å². The Bertz CT molecular complexity index is 7.61. The third-order valence-electron chi connectivity index (χ3n) is 0. The van der Waals surface area contributed by atoms with Gasteiger partial charge < -0.3 is 10.6 Å². The molecule has 0 atom stereocenters. The predicted molar refractivity (Wildman–Crippen MR) is 13.4 cm³/mol. The third kappa shape index (κ3) is 99.5. The van der Waals surface area contributed by atoms with Crippen LogP contribution in [0.3, 0.4) is 0 Å². The molecule has 5 heavy (non-hydrogen) atoms. The average Bonchev–Trinajstić information content (AvgIpc) is 0.918. The molecule has 1 N–H and O–H groups in total. The Morgan fingerprint density at radius 1 is 1.60 bits per heavy atom. The van der Waals surface area contributed by atoms with Crippen molar-refractivity contribution in [3.05, 3.63) is 0 Å². The summed E-state index contributed by atoms with van der Waals surface area (Å²) in [5, 5.41) is 7.57. The van der Waals surface area contributed by atoms with Gasteiger partial charge in [-0.25, -0.2) is 0 Å². The molecule has 0 aliphatic carbocycles. The summed E-state index contributed by atoms with van der Waals surface area (Å²) in [6.45, 7) is 1.93. The zero-order valence-corrected chi connectivity index (χ0v) is 6.24. The number of rotatable bonds is 0. The van der Waals surface area contributed by atoms with Crippen LogP contribution in [-0.2, 0) is 25.0 Å². The predicted octanol–water partition coefficient (Wildman–Crippen LogP) is -0.123. The molecule has 0 unspecified atom stereocenters. The van der Waals surface area contributed by atoms with Gasteiger partial charge in [-0.2, -0.15) is 0 Å². The number of aliphatic hydroxyl groups excluding tert-OH is 1. The molecule has 3 heteroatoms. The fraction of sp³-hybridized carbons (Fsp3) is 1.00. The van der Waals surface area contributed by atoms with Gasteiger partial charge >= 0.3 is 19.5 Å². The molecule has 0 spiro atoms. The minimum Gasteiger partial charge on any atom is -2.00 e. The van der Waals surface area contributed by atoms with E-state index in [-0.39, 0.29) is 31.6 Å². The largest absolute Gasteiger partial charge is 2.00 e. The monoisotopic (exact) mass is 126 g/mol. The summed E-state index contributed by atoms with van der Waals surface area (Å²) in [5.74, 6) is 0. The van der Waals surface area contributed by atoms with Crippen LogP contribution in [0.4, 0.5) is 0 Å². The molecule has 0 bridgehead atoms. The van der Waals surface area contributed by atoms with Crippen LogP contribution in [0.15, 0.2) is 0 Å². The molecule has 0 rings (SSSR count). The molecule has 0 amide bonds. The fourth-order valence-corrected chi connectivity index (χ4v) is 0. The van der Waals surface area contributed by atoms with Crippen LogP contribution >= 0.6 is 0 Å². The van der Waals surface area contributed by atoms with Crippen molar-refractivity contribution in [2.45, 2.75) is 6.92 Å². The van der Waals surface area contributed by atoms with Gasteiger partial charge in [-0.1, -0.05) is 0 Å². The van der Waals surface area contributed by atoms with Gasteiger partial charge in [0, 0.05) is 6.61 Å². The number of hydrogen-bond donors (Lipinski definition) is 1. The minimum absolute atomic E-state index is 0. The smallest absolute Gasteiger partial charge is 2.00 e. The van der Waals surface area contributed by atoms with E-state index in [4.69, 9.17) is 5.11 Å². The van der Waals surface area contributed by atoms with Crippen molar-refractivity contribution in [2.24, 2.45) is 0 Å². The molecule has 0 fully saturated rings. The van der Waals surface area contributed by atoms with E-state index in [0.717, 1.165) is 0 Å². The van der Waals surface area contributed by atoms with Crippen LogP contribution in [0.2, 0.25) is 0 Å². The molecule has 0 heterocycles. The molecule has 0 aromatic rings. The molecule has 28 valence electrons. The van der Waals surface area contributed by atoms with Gasteiger partial charge in [0.1, 0.15) is 0 Å². The Hall–Kier alpha value is 0.543. The van der Waals surface area contributed by atoms with Crippen molar-refractivity contribution in [3.63, 3.8) is 0 Å². The first-order chi connectivity index (χ1) is 1.41. The van der Waals surface area contributed by atoms with E-state index in [1.165, 1.54) is 0 Å². The Morgan fingerprint density at radius 2 is 1.60 bits per heavy atom. The number of hydrogen-bond acceptors (Lipinski definition) is 1. The van der Waals surface area contributed by atoms with Gasteiger partial charge in [-0.05, 0) is 6.92 Å². The summed E-state index contributed by atoms with van der Waals surface area (Å²) in [6, 6.07) is 0. The second-order valence-corrected chi connectivity index (χ2v) is 0.316. The van der Waals surface area contributed by atoms with Crippen LogP contribution in [0.1, 0.15) is 6.92 Å². The maximum atomic E-state index is 7.57. The first kappa shape index (κ1) is 17.7. The first-order valence-corrected chi connectivity index (χ1v) is 1.02. The molecule has 0 aliphatic rings. The summed E-state index contributed by atoms with van der Waals surface area (Å²) >= 11 is 0. The Kier molecular flexibility index (Phi) is 84.7. The second kappa shape index (κ2) is 23.9. The van der Waals surface area contributed by atoms with Gasteiger partial charge in [0.2, 0.25) is 0 Å². The molecule has 0 aromatic heterocycles. The van der Waals surface area contributed by atoms with Gasteiger partial charge in [0.15, 0.2) is 0 Å². The van der Waals surface area contributed by atoms with E-state index in [9.17, 15) is 0 Å². The molecular formula is C2H6O2Zn. The summed E-state index contributed by atoms with van der Waals surface area (Å²) in [7, 11) is 0. The topological polar surface area (TPSA) is 48.7 Å². The van der Waals surface area contributed by atoms with E-state index >= 15 is 0 Å². The zero-order valence-electron chi connectivity index (χ0n) is 3.27. The normalized spacial score (nSPS) is 3.60. The molecule has 0 saturated heterocycles. The fourth-order valence-electron chi connectivity index (χ4n) is 0. The minimum atomic E-state index is 0. The zero-order chi connectivity index (χ0) is 2.71. The van der Waals surface area contributed by atoms with Crippen LogP contribution in [0.5, 0.6) is 0 Å². The molecule has 0 radical (unpaired) electrons. The van der Waals surface area contributed by atoms with Crippen LogP contribution < -0.4 is 0 Å². The summed E-state index contributed by atoms with van der Waals surface area (Å²) in [4.78, 5) is 0. The van der Waals surface area contributed by atoms with E-state index in [2.05, 4.69) is 0 Å². The van der Waals surface area contributed by atoms with Crippen LogP contribution in [0.25, 0.3) is 0 Å². The van der Waals surface area contributed by atoms with Crippen molar-refractivity contribution >= 4 is 0 Å². The SMILES string of the molecule is CCO.[O-2].[Zn+2]. The van der Waals surface area contributed by atoms with Crippen LogP contribution in [0, 0.1) is 0 Å². The maximum Gasteiger partial charge on any atom is 2.00 e. The first-order valence-electron chi connectivity index (χ1n) is 1.02. The Labute approximate surface area is 44.3 Å².